The van der Waals surface area contributed by atoms with E-state index < -0.39 is 23.2 Å². The quantitative estimate of drug-likeness (QED) is 0.477. The normalized spacial score (nSPS) is 15.1. The second kappa shape index (κ2) is 6.97. The number of carbonyl (C=O) groups is 1. The molecule has 0 saturated heterocycles. The Morgan fingerprint density at radius 2 is 1.61 bits per heavy atom. The number of hydrogen-bond donors (Lipinski definition) is 1. The number of halogens is 3. The first kappa shape index (κ1) is 19.4. The molecule has 0 bridgehead atoms. The molecule has 0 aliphatic heterocycles. The highest BCUT2D eigenvalue weighted by molar-refractivity contribution is 6.00. The molecule has 2 heterocycles. The zero-order valence-corrected chi connectivity index (χ0v) is 16.4. The Bertz CT molecular complexity index is 1270. The number of benzene rings is 2. The first-order valence-electron chi connectivity index (χ1n) is 9.91. The number of alkyl halides is 3. The van der Waals surface area contributed by atoms with E-state index in [2.05, 4.69) is 10.3 Å². The van der Waals surface area contributed by atoms with Crippen LogP contribution in [0.15, 0.2) is 79.0 Å². The Morgan fingerprint density at radius 1 is 0.935 bits per heavy atom. The number of amides is 1. The van der Waals surface area contributed by atoms with Gasteiger partial charge in [0, 0.05) is 11.8 Å². The average molecular weight is 421 g/mol. The lowest BCUT2D eigenvalue weighted by Crippen LogP contribution is -2.35. The summed E-state index contributed by atoms with van der Waals surface area (Å²) >= 11 is 0. The highest BCUT2D eigenvalue weighted by Crippen LogP contribution is 2.45. The molecule has 7 heteroatoms. The molecule has 0 atom stereocenters. The Kier molecular flexibility index (Phi) is 4.36. The first-order chi connectivity index (χ1) is 14.9. The lowest BCUT2D eigenvalue weighted by atomic mass is 10.0. The number of nitrogens with zero attached hydrogens (tertiary/aromatic N) is 2. The molecule has 0 unspecified atom stereocenters. The SMILES string of the molecule is O=C(NC1(c2ccccc2)CC1)c1nc(-c2ccccc2C(F)(F)F)n2ccccc12. The first-order valence-corrected chi connectivity index (χ1v) is 9.91. The molecule has 0 spiro atoms. The molecule has 1 aliphatic rings. The van der Waals surface area contributed by atoms with Gasteiger partial charge in [0.25, 0.3) is 5.91 Å². The van der Waals surface area contributed by atoms with Crippen LogP contribution in [0.3, 0.4) is 0 Å². The summed E-state index contributed by atoms with van der Waals surface area (Å²) in [7, 11) is 0. The van der Waals surface area contributed by atoms with Gasteiger partial charge in [-0.2, -0.15) is 13.2 Å². The van der Waals surface area contributed by atoms with Gasteiger partial charge in [0.05, 0.1) is 16.6 Å². The van der Waals surface area contributed by atoms with Gasteiger partial charge in [-0.1, -0.05) is 54.6 Å². The van der Waals surface area contributed by atoms with E-state index in [4.69, 9.17) is 0 Å². The predicted molar refractivity (Wildman–Crippen MR) is 110 cm³/mol. The van der Waals surface area contributed by atoms with Gasteiger partial charge in [0.2, 0.25) is 0 Å². The molecule has 1 fully saturated rings. The van der Waals surface area contributed by atoms with Crippen LogP contribution in [0.4, 0.5) is 13.2 Å². The van der Waals surface area contributed by atoms with Crippen LogP contribution in [-0.4, -0.2) is 15.3 Å². The second-order valence-corrected chi connectivity index (χ2v) is 7.69. The number of fused-ring (bicyclic) bond motifs is 1. The Hall–Kier alpha value is -3.61. The Labute approximate surface area is 176 Å². The van der Waals surface area contributed by atoms with E-state index in [1.54, 1.807) is 24.4 Å². The molecule has 31 heavy (non-hydrogen) atoms. The molecule has 0 radical (unpaired) electrons. The zero-order valence-electron chi connectivity index (χ0n) is 16.4. The summed E-state index contributed by atoms with van der Waals surface area (Å²) in [6.45, 7) is 0. The summed E-state index contributed by atoms with van der Waals surface area (Å²) in [6, 6.07) is 20.0. The van der Waals surface area contributed by atoms with Crippen molar-refractivity contribution in [2.24, 2.45) is 0 Å². The summed E-state index contributed by atoms with van der Waals surface area (Å²) in [5.41, 5.74) is 0.257. The molecular formula is C24H18F3N3O. The number of rotatable bonds is 4. The Morgan fingerprint density at radius 3 is 2.32 bits per heavy atom. The molecule has 1 saturated carbocycles. The van der Waals surface area contributed by atoms with Gasteiger partial charge in [0.1, 0.15) is 5.82 Å². The van der Waals surface area contributed by atoms with Crippen LogP contribution in [0, 0.1) is 0 Å². The van der Waals surface area contributed by atoms with E-state index in [0.29, 0.717) is 5.52 Å². The molecule has 5 rings (SSSR count). The zero-order chi connectivity index (χ0) is 21.6. The van der Waals surface area contributed by atoms with Gasteiger partial charge >= 0.3 is 6.18 Å². The van der Waals surface area contributed by atoms with Crippen LogP contribution < -0.4 is 5.32 Å². The third kappa shape index (κ3) is 3.36. The third-order valence-electron chi connectivity index (χ3n) is 5.67. The van der Waals surface area contributed by atoms with Crippen LogP contribution in [0.2, 0.25) is 0 Å². The number of pyridine rings is 1. The van der Waals surface area contributed by atoms with Crippen LogP contribution in [0.25, 0.3) is 16.9 Å². The molecular weight excluding hydrogens is 403 g/mol. The minimum atomic E-state index is -4.54. The maximum atomic E-state index is 13.6. The van der Waals surface area contributed by atoms with Crippen LogP contribution in [-0.2, 0) is 11.7 Å². The van der Waals surface area contributed by atoms with Gasteiger partial charge in [-0.05, 0) is 36.6 Å². The monoisotopic (exact) mass is 421 g/mol. The predicted octanol–water partition coefficient (Wildman–Crippen LogP) is 5.44. The van der Waals surface area contributed by atoms with Crippen molar-refractivity contribution >= 4 is 11.4 Å². The fourth-order valence-corrected chi connectivity index (χ4v) is 3.96. The fraction of sp³-hybridized carbons (Fsp3) is 0.167. The summed E-state index contributed by atoms with van der Waals surface area (Å²) in [4.78, 5) is 17.6. The van der Waals surface area contributed by atoms with Crippen molar-refractivity contribution in [2.75, 3.05) is 0 Å². The molecule has 2 aromatic carbocycles. The van der Waals surface area contributed by atoms with Crippen LogP contribution in [0.5, 0.6) is 0 Å². The number of aromatic nitrogens is 2. The summed E-state index contributed by atoms with van der Waals surface area (Å²) in [5.74, 6) is -0.320. The molecule has 156 valence electrons. The number of carbonyl (C=O) groups excluding carboxylic acids is 1. The van der Waals surface area contributed by atoms with E-state index in [-0.39, 0.29) is 17.1 Å². The van der Waals surface area contributed by atoms with Crippen molar-refractivity contribution in [1.29, 1.82) is 0 Å². The molecule has 4 nitrogen and oxygen atoms in total. The van der Waals surface area contributed by atoms with E-state index in [9.17, 15) is 18.0 Å². The molecule has 1 N–H and O–H groups in total. The standard InChI is InChI=1S/C24H18F3N3O/c25-24(26,27)18-11-5-4-10-17(18)21-28-20(19-12-6-7-15-30(19)21)22(31)29-23(13-14-23)16-8-2-1-3-9-16/h1-12,15H,13-14H2,(H,29,31). The second-order valence-electron chi connectivity index (χ2n) is 7.69. The smallest absolute Gasteiger partial charge is 0.341 e. The number of imidazole rings is 1. The molecule has 1 aliphatic carbocycles. The average Bonchev–Trinajstić information content (AvgIpc) is 3.45. The topological polar surface area (TPSA) is 46.4 Å². The van der Waals surface area contributed by atoms with Crippen LogP contribution in [0.1, 0.15) is 34.5 Å². The third-order valence-corrected chi connectivity index (χ3v) is 5.67. The minimum absolute atomic E-state index is 0.0700. The van der Waals surface area contributed by atoms with Crippen LogP contribution >= 0.6 is 0 Å². The summed E-state index contributed by atoms with van der Waals surface area (Å²) in [5, 5.41) is 3.06. The van der Waals surface area contributed by atoms with Crippen molar-refractivity contribution in [2.45, 2.75) is 24.6 Å². The summed E-state index contributed by atoms with van der Waals surface area (Å²) < 4.78 is 42.3. The summed E-state index contributed by atoms with van der Waals surface area (Å²) in [6.07, 6.45) is -1.31. The molecule has 1 amide bonds. The van der Waals surface area contributed by atoms with E-state index in [1.807, 2.05) is 30.3 Å². The number of nitrogens with one attached hydrogen (secondary N) is 1. The largest absolute Gasteiger partial charge is 0.417 e. The van der Waals surface area contributed by atoms with Crippen molar-refractivity contribution < 1.29 is 18.0 Å². The fourth-order valence-electron chi connectivity index (χ4n) is 3.96. The van der Waals surface area contributed by atoms with Crippen molar-refractivity contribution in [1.82, 2.24) is 14.7 Å². The maximum Gasteiger partial charge on any atom is 0.417 e. The number of hydrogen-bond acceptors (Lipinski definition) is 2. The van der Waals surface area contributed by atoms with Crippen molar-refractivity contribution in [3.05, 3.63) is 95.8 Å². The van der Waals surface area contributed by atoms with E-state index >= 15 is 0 Å². The van der Waals surface area contributed by atoms with Gasteiger partial charge in [-0.3, -0.25) is 9.20 Å². The van der Waals surface area contributed by atoms with E-state index in [0.717, 1.165) is 24.5 Å². The molecule has 4 aromatic rings. The maximum absolute atomic E-state index is 13.6. The molecule has 2 aromatic heterocycles. The van der Waals surface area contributed by atoms with Gasteiger partial charge in [0.15, 0.2) is 5.69 Å². The van der Waals surface area contributed by atoms with Gasteiger partial charge in [-0.15, -0.1) is 0 Å². The van der Waals surface area contributed by atoms with Crippen molar-refractivity contribution in [3.8, 4) is 11.4 Å². The lowest BCUT2D eigenvalue weighted by molar-refractivity contribution is -0.137. The highest BCUT2D eigenvalue weighted by atomic mass is 19.4. The van der Waals surface area contributed by atoms with E-state index in [1.165, 1.54) is 22.6 Å². The van der Waals surface area contributed by atoms with Gasteiger partial charge in [-0.25, -0.2) is 4.98 Å². The lowest BCUT2D eigenvalue weighted by Gasteiger charge is -2.17. The minimum Gasteiger partial charge on any atom is -0.341 e. The Balaban J connectivity index is 1.59. The highest BCUT2D eigenvalue weighted by Gasteiger charge is 2.46. The van der Waals surface area contributed by atoms with Gasteiger partial charge < -0.3 is 5.32 Å². The van der Waals surface area contributed by atoms with Crippen molar-refractivity contribution in [3.63, 3.8) is 0 Å².